The van der Waals surface area contributed by atoms with E-state index >= 15 is 0 Å². The van der Waals surface area contributed by atoms with Crippen molar-refractivity contribution in [3.05, 3.63) is 101 Å². The molecule has 0 bridgehead atoms. The van der Waals surface area contributed by atoms with E-state index in [2.05, 4.69) is 42.3 Å². The molecule has 4 aromatic rings. The number of amidine groups is 1. The average Bonchev–Trinajstić information content (AvgIpc) is 3.28. The largest absolute Gasteiger partial charge is 0.455 e. The lowest BCUT2D eigenvalue weighted by molar-refractivity contribution is -0.137. The summed E-state index contributed by atoms with van der Waals surface area (Å²) in [7, 11) is 0. The Bertz CT molecular complexity index is 1430. The lowest BCUT2D eigenvalue weighted by atomic mass is 9.99. The number of fused-ring (bicyclic) bond motifs is 1. The van der Waals surface area contributed by atoms with Gasteiger partial charge in [-0.2, -0.15) is 13.2 Å². The van der Waals surface area contributed by atoms with Gasteiger partial charge in [0.05, 0.1) is 35.4 Å². The van der Waals surface area contributed by atoms with Crippen LogP contribution in [0.1, 0.15) is 27.8 Å². The number of ether oxygens (including phenoxy) is 1. The summed E-state index contributed by atoms with van der Waals surface area (Å²) < 4.78 is 45.6. The van der Waals surface area contributed by atoms with Gasteiger partial charge in [0.15, 0.2) is 5.75 Å². The van der Waals surface area contributed by atoms with Crippen molar-refractivity contribution in [2.75, 3.05) is 6.54 Å². The Morgan fingerprint density at radius 2 is 1.83 bits per heavy atom. The Balaban J connectivity index is 1.47. The highest BCUT2D eigenvalue weighted by atomic mass is 19.4. The molecule has 35 heavy (non-hydrogen) atoms. The van der Waals surface area contributed by atoms with Crippen LogP contribution in [0.4, 0.5) is 13.2 Å². The van der Waals surface area contributed by atoms with Crippen molar-refractivity contribution in [3.8, 4) is 11.5 Å². The van der Waals surface area contributed by atoms with Crippen LogP contribution in [0.2, 0.25) is 0 Å². The third kappa shape index (κ3) is 4.85. The second kappa shape index (κ2) is 9.06. The van der Waals surface area contributed by atoms with Gasteiger partial charge in [-0.05, 0) is 55.7 Å². The van der Waals surface area contributed by atoms with Crippen LogP contribution >= 0.6 is 0 Å². The van der Waals surface area contributed by atoms with Gasteiger partial charge in [-0.25, -0.2) is 0 Å². The van der Waals surface area contributed by atoms with E-state index in [1.165, 1.54) is 28.8 Å². The molecule has 0 spiro atoms. The highest BCUT2D eigenvalue weighted by Crippen LogP contribution is 2.35. The Labute approximate surface area is 201 Å². The van der Waals surface area contributed by atoms with Crippen LogP contribution in [0.25, 0.3) is 10.9 Å². The number of pyridine rings is 1. The van der Waals surface area contributed by atoms with Crippen molar-refractivity contribution in [1.29, 1.82) is 0 Å². The molecule has 1 aromatic heterocycles. The van der Waals surface area contributed by atoms with Gasteiger partial charge in [0.25, 0.3) is 0 Å². The first kappa shape index (κ1) is 22.9. The maximum atomic E-state index is 13.2. The third-order valence-corrected chi connectivity index (χ3v) is 6.14. The van der Waals surface area contributed by atoms with E-state index in [-0.39, 0.29) is 11.8 Å². The zero-order chi connectivity index (χ0) is 24.6. The van der Waals surface area contributed by atoms with Crippen LogP contribution < -0.4 is 10.1 Å². The second-order valence-corrected chi connectivity index (χ2v) is 8.81. The van der Waals surface area contributed by atoms with Gasteiger partial charge in [-0.3, -0.25) is 9.98 Å². The number of halogens is 3. The predicted octanol–water partition coefficient (Wildman–Crippen LogP) is 6.62. The second-order valence-electron chi connectivity index (χ2n) is 8.81. The predicted molar refractivity (Wildman–Crippen MR) is 131 cm³/mol. The van der Waals surface area contributed by atoms with Crippen LogP contribution in [-0.4, -0.2) is 23.4 Å². The number of rotatable bonds is 5. The number of aryl methyl sites for hydroxylation is 2. The number of alkyl halides is 3. The zero-order valence-corrected chi connectivity index (χ0v) is 19.4. The SMILES string of the molecule is Cc1ccc(CC2CN=C(c3c(Oc4cccc(C(F)(F)F)c4)cnc4ccccc34)N2)c(C)c1. The molecule has 4 nitrogen and oxygen atoms in total. The molecule has 0 saturated heterocycles. The van der Waals surface area contributed by atoms with Crippen molar-refractivity contribution < 1.29 is 17.9 Å². The molecule has 1 unspecified atom stereocenters. The molecule has 0 saturated carbocycles. The minimum absolute atomic E-state index is 0.0867. The van der Waals surface area contributed by atoms with Crippen LogP contribution in [0, 0.1) is 13.8 Å². The highest BCUT2D eigenvalue weighted by molar-refractivity contribution is 6.12. The molecule has 1 aliphatic rings. The topological polar surface area (TPSA) is 46.5 Å². The summed E-state index contributed by atoms with van der Waals surface area (Å²) in [4.78, 5) is 9.21. The fourth-order valence-electron chi connectivity index (χ4n) is 4.40. The van der Waals surface area contributed by atoms with E-state index in [9.17, 15) is 13.2 Å². The zero-order valence-electron chi connectivity index (χ0n) is 19.4. The molecular formula is C28H24F3N3O. The molecule has 1 N–H and O–H groups in total. The number of aliphatic imine (C=N–C) groups is 1. The van der Waals surface area contributed by atoms with Crippen molar-refractivity contribution in [3.63, 3.8) is 0 Å². The summed E-state index contributed by atoms with van der Waals surface area (Å²) in [5, 5.41) is 4.33. The molecule has 0 radical (unpaired) electrons. The van der Waals surface area contributed by atoms with E-state index in [0.717, 1.165) is 29.5 Å². The molecule has 5 rings (SSSR count). The molecule has 7 heteroatoms. The molecule has 2 heterocycles. The van der Waals surface area contributed by atoms with Crippen molar-refractivity contribution in [1.82, 2.24) is 10.3 Å². The number of nitrogens with zero attached hydrogens (tertiary/aromatic N) is 2. The normalized spacial score (nSPS) is 15.7. The van der Waals surface area contributed by atoms with Crippen molar-refractivity contribution >= 4 is 16.7 Å². The lowest BCUT2D eigenvalue weighted by Gasteiger charge is -2.17. The van der Waals surface area contributed by atoms with Gasteiger partial charge in [-0.1, -0.05) is 48.0 Å². The molecule has 0 fully saturated rings. The quantitative estimate of drug-likeness (QED) is 0.353. The van der Waals surface area contributed by atoms with Gasteiger partial charge < -0.3 is 10.1 Å². The Morgan fingerprint density at radius 3 is 2.63 bits per heavy atom. The molecule has 178 valence electrons. The number of benzene rings is 3. The fraction of sp³-hybridized carbons (Fsp3) is 0.214. The Kier molecular flexibility index (Phi) is 5.93. The van der Waals surface area contributed by atoms with E-state index in [0.29, 0.717) is 23.7 Å². The summed E-state index contributed by atoms with van der Waals surface area (Å²) in [6.07, 6.45) is -2.10. The lowest BCUT2D eigenvalue weighted by Crippen LogP contribution is -2.33. The van der Waals surface area contributed by atoms with Gasteiger partial charge in [0.1, 0.15) is 11.6 Å². The van der Waals surface area contributed by atoms with Crippen LogP contribution in [0.15, 0.2) is 77.9 Å². The summed E-state index contributed by atoms with van der Waals surface area (Å²) in [6.45, 7) is 4.77. The minimum atomic E-state index is -4.46. The fourth-order valence-corrected chi connectivity index (χ4v) is 4.40. The molecule has 1 aliphatic heterocycles. The standard InChI is InChI=1S/C28H24F3N3O/c1-17-10-11-19(18(2)12-17)13-21-15-33-27(34-21)26-23-8-3-4-9-24(23)32-16-25(26)35-22-7-5-6-20(14-22)28(29,30)31/h3-12,14,16,21H,13,15H2,1-2H3,(H,33,34). The maximum absolute atomic E-state index is 13.2. The molecule has 3 aromatic carbocycles. The summed E-state index contributed by atoms with van der Waals surface area (Å²) in [6, 6.07) is 18.9. The first-order valence-corrected chi connectivity index (χ1v) is 11.4. The van der Waals surface area contributed by atoms with E-state index in [1.54, 1.807) is 6.20 Å². The van der Waals surface area contributed by atoms with Crippen molar-refractivity contribution in [2.24, 2.45) is 4.99 Å². The summed E-state index contributed by atoms with van der Waals surface area (Å²) >= 11 is 0. The molecule has 0 amide bonds. The number of aromatic nitrogens is 1. The third-order valence-electron chi connectivity index (χ3n) is 6.14. The van der Waals surface area contributed by atoms with Crippen LogP contribution in [0.3, 0.4) is 0 Å². The maximum Gasteiger partial charge on any atom is 0.416 e. The van der Waals surface area contributed by atoms with Gasteiger partial charge in [-0.15, -0.1) is 0 Å². The van der Waals surface area contributed by atoms with Gasteiger partial charge in [0, 0.05) is 5.39 Å². The Morgan fingerprint density at radius 1 is 1.00 bits per heavy atom. The average molecular weight is 476 g/mol. The van der Waals surface area contributed by atoms with E-state index in [1.807, 2.05) is 24.3 Å². The van der Waals surface area contributed by atoms with Crippen LogP contribution in [0.5, 0.6) is 11.5 Å². The molecule has 0 aliphatic carbocycles. The molecular weight excluding hydrogens is 451 g/mol. The van der Waals surface area contributed by atoms with Crippen LogP contribution in [-0.2, 0) is 12.6 Å². The van der Waals surface area contributed by atoms with Crippen molar-refractivity contribution in [2.45, 2.75) is 32.5 Å². The Hall–Kier alpha value is -3.87. The van der Waals surface area contributed by atoms with Gasteiger partial charge in [0.2, 0.25) is 0 Å². The minimum Gasteiger partial charge on any atom is -0.455 e. The smallest absolute Gasteiger partial charge is 0.416 e. The monoisotopic (exact) mass is 475 g/mol. The number of hydrogen-bond acceptors (Lipinski definition) is 4. The van der Waals surface area contributed by atoms with E-state index in [4.69, 9.17) is 9.73 Å². The highest BCUT2D eigenvalue weighted by Gasteiger charge is 2.31. The summed E-state index contributed by atoms with van der Waals surface area (Å²) in [5.74, 6) is 1.09. The van der Waals surface area contributed by atoms with E-state index < -0.39 is 11.7 Å². The number of hydrogen-bond donors (Lipinski definition) is 1. The number of para-hydroxylation sites is 1. The first-order valence-electron chi connectivity index (χ1n) is 11.4. The first-order chi connectivity index (χ1) is 16.8. The molecule has 1 atom stereocenters. The van der Waals surface area contributed by atoms with Gasteiger partial charge >= 0.3 is 6.18 Å². The number of nitrogens with one attached hydrogen (secondary N) is 1. The summed E-state index contributed by atoms with van der Waals surface area (Å²) in [5.41, 5.74) is 4.39.